The van der Waals surface area contributed by atoms with Crippen molar-refractivity contribution in [3.8, 4) is 6.01 Å². The van der Waals surface area contributed by atoms with E-state index in [9.17, 15) is 0 Å². The number of anilines is 1. The molecule has 0 saturated carbocycles. The molecule has 0 aromatic carbocycles. The zero-order valence-electron chi connectivity index (χ0n) is 11.1. The molecular weight excluding hydrogens is 319 g/mol. The average molecular weight is 333 g/mol. The molecule has 2 aromatic rings. The van der Waals surface area contributed by atoms with Gasteiger partial charge in [-0.1, -0.05) is 18.5 Å². The van der Waals surface area contributed by atoms with E-state index in [4.69, 9.17) is 27.9 Å². The number of nitrogens with one attached hydrogen (secondary N) is 1. The van der Waals surface area contributed by atoms with Gasteiger partial charge in [-0.2, -0.15) is 15.0 Å². The van der Waals surface area contributed by atoms with E-state index in [0.717, 1.165) is 15.6 Å². The van der Waals surface area contributed by atoms with Gasteiger partial charge in [0.1, 0.15) is 0 Å². The molecule has 20 heavy (non-hydrogen) atoms. The molecule has 0 aliphatic carbocycles. The van der Waals surface area contributed by atoms with Crippen LogP contribution in [0.5, 0.6) is 6.01 Å². The molecule has 5 nitrogen and oxygen atoms in total. The lowest BCUT2D eigenvalue weighted by Crippen LogP contribution is -2.10. The molecule has 0 fully saturated rings. The minimum Gasteiger partial charge on any atom is -0.463 e. The van der Waals surface area contributed by atoms with Gasteiger partial charge in [0.2, 0.25) is 11.2 Å². The third-order valence-electron chi connectivity index (χ3n) is 2.39. The Hall–Kier alpha value is -1.11. The van der Waals surface area contributed by atoms with E-state index in [-0.39, 0.29) is 17.3 Å². The maximum atomic E-state index is 5.92. The van der Waals surface area contributed by atoms with Crippen molar-refractivity contribution in [1.82, 2.24) is 15.0 Å². The van der Waals surface area contributed by atoms with Crippen molar-refractivity contribution in [2.24, 2.45) is 0 Å². The summed E-state index contributed by atoms with van der Waals surface area (Å²) >= 11 is 13.3. The van der Waals surface area contributed by atoms with Gasteiger partial charge in [0.25, 0.3) is 0 Å². The van der Waals surface area contributed by atoms with Crippen LogP contribution >= 0.6 is 34.5 Å². The zero-order valence-corrected chi connectivity index (χ0v) is 13.4. The first kappa shape index (κ1) is 15.3. The van der Waals surface area contributed by atoms with Gasteiger partial charge in [-0.15, -0.1) is 11.3 Å². The molecule has 0 amide bonds. The van der Waals surface area contributed by atoms with Gasteiger partial charge in [0.05, 0.1) is 17.0 Å². The molecule has 108 valence electrons. The highest BCUT2D eigenvalue weighted by molar-refractivity contribution is 7.16. The molecular formula is C12H14Cl2N4OS. The van der Waals surface area contributed by atoms with Gasteiger partial charge < -0.3 is 10.1 Å². The van der Waals surface area contributed by atoms with Crippen molar-refractivity contribution in [3.05, 3.63) is 26.6 Å². The summed E-state index contributed by atoms with van der Waals surface area (Å²) in [6, 6.07) is 4.06. The second-order valence-corrected chi connectivity index (χ2v) is 6.15. The molecule has 0 radical (unpaired) electrons. The van der Waals surface area contributed by atoms with E-state index in [1.165, 1.54) is 11.3 Å². The maximum Gasteiger partial charge on any atom is 0.322 e. The summed E-state index contributed by atoms with van der Waals surface area (Å²) in [5.74, 6) is 0.383. The SMILES string of the molecule is CCCOc1nc(Cl)nc(NC(C)c2ccc(Cl)s2)n1. The van der Waals surface area contributed by atoms with Crippen LogP contribution in [0.25, 0.3) is 0 Å². The number of hydrogen-bond acceptors (Lipinski definition) is 6. The molecule has 2 aromatic heterocycles. The Labute approximate surface area is 131 Å². The van der Waals surface area contributed by atoms with Gasteiger partial charge in [-0.05, 0) is 37.1 Å². The van der Waals surface area contributed by atoms with Gasteiger partial charge in [-0.3, -0.25) is 0 Å². The molecule has 0 spiro atoms. The summed E-state index contributed by atoms with van der Waals surface area (Å²) in [6.07, 6.45) is 0.871. The van der Waals surface area contributed by atoms with Crippen LogP contribution in [0.1, 0.15) is 31.2 Å². The first-order valence-corrected chi connectivity index (χ1v) is 7.72. The molecule has 1 N–H and O–H groups in total. The van der Waals surface area contributed by atoms with Gasteiger partial charge in [-0.25, -0.2) is 0 Å². The van der Waals surface area contributed by atoms with Crippen LogP contribution in [0.2, 0.25) is 9.62 Å². The van der Waals surface area contributed by atoms with Crippen LogP contribution in [-0.2, 0) is 0 Å². The quantitative estimate of drug-likeness (QED) is 0.858. The van der Waals surface area contributed by atoms with Crippen molar-refractivity contribution in [2.45, 2.75) is 26.3 Å². The van der Waals surface area contributed by atoms with Gasteiger partial charge in [0, 0.05) is 4.88 Å². The molecule has 0 aliphatic rings. The molecule has 1 unspecified atom stereocenters. The Balaban J connectivity index is 2.10. The van der Waals surface area contributed by atoms with Crippen molar-refractivity contribution in [3.63, 3.8) is 0 Å². The predicted octanol–water partition coefficient (Wildman–Crippen LogP) is 4.20. The maximum absolute atomic E-state index is 5.92. The summed E-state index contributed by atoms with van der Waals surface area (Å²) in [7, 11) is 0. The standard InChI is InChI=1S/C12H14Cl2N4OS/c1-3-6-19-12-17-10(14)16-11(18-12)15-7(2)8-4-5-9(13)20-8/h4-5,7H,3,6H2,1-2H3,(H,15,16,17,18). The first-order chi connectivity index (χ1) is 9.58. The number of rotatable bonds is 6. The van der Waals surface area contributed by atoms with Crippen LogP contribution in [0.15, 0.2) is 12.1 Å². The van der Waals surface area contributed by atoms with Crippen LogP contribution in [0.4, 0.5) is 5.95 Å². The normalized spacial score (nSPS) is 12.2. The van der Waals surface area contributed by atoms with E-state index < -0.39 is 0 Å². The van der Waals surface area contributed by atoms with Crippen LogP contribution in [-0.4, -0.2) is 21.6 Å². The fourth-order valence-corrected chi connectivity index (χ4v) is 2.70. The third-order valence-corrected chi connectivity index (χ3v) is 3.97. The number of thiophene rings is 1. The average Bonchev–Trinajstić information content (AvgIpc) is 2.82. The molecule has 0 saturated heterocycles. The smallest absolute Gasteiger partial charge is 0.322 e. The molecule has 2 rings (SSSR count). The number of nitrogens with zero attached hydrogens (tertiary/aromatic N) is 3. The van der Waals surface area contributed by atoms with Crippen LogP contribution in [0, 0.1) is 0 Å². The third kappa shape index (κ3) is 4.19. The highest BCUT2D eigenvalue weighted by Crippen LogP contribution is 2.28. The summed E-state index contributed by atoms with van der Waals surface area (Å²) in [4.78, 5) is 13.2. The fraction of sp³-hybridized carbons (Fsp3) is 0.417. The second-order valence-electron chi connectivity index (χ2n) is 4.07. The minimum absolute atomic E-state index is 0.0185. The zero-order chi connectivity index (χ0) is 14.5. The highest BCUT2D eigenvalue weighted by atomic mass is 35.5. The monoisotopic (exact) mass is 332 g/mol. The predicted molar refractivity (Wildman–Crippen MR) is 82.0 cm³/mol. The van der Waals surface area contributed by atoms with Crippen molar-refractivity contribution in [2.75, 3.05) is 11.9 Å². The number of aromatic nitrogens is 3. The van der Waals surface area contributed by atoms with Gasteiger partial charge >= 0.3 is 6.01 Å². The lowest BCUT2D eigenvalue weighted by Gasteiger charge is -2.12. The van der Waals surface area contributed by atoms with Crippen LogP contribution in [0.3, 0.4) is 0 Å². The summed E-state index contributed by atoms with van der Waals surface area (Å²) < 4.78 is 6.11. The summed E-state index contributed by atoms with van der Waals surface area (Å²) in [5.41, 5.74) is 0. The number of halogens is 2. The summed E-state index contributed by atoms with van der Waals surface area (Å²) in [6.45, 7) is 4.53. The number of ether oxygens (including phenoxy) is 1. The number of hydrogen-bond donors (Lipinski definition) is 1. The fourth-order valence-electron chi connectivity index (χ4n) is 1.48. The largest absolute Gasteiger partial charge is 0.463 e. The highest BCUT2D eigenvalue weighted by Gasteiger charge is 2.12. The summed E-state index contributed by atoms with van der Waals surface area (Å²) in [5, 5.41) is 3.26. The topological polar surface area (TPSA) is 59.9 Å². The van der Waals surface area contributed by atoms with E-state index in [0.29, 0.717) is 12.6 Å². The lowest BCUT2D eigenvalue weighted by molar-refractivity contribution is 0.291. The molecule has 0 bridgehead atoms. The Morgan fingerprint density at radius 2 is 2.10 bits per heavy atom. The van der Waals surface area contributed by atoms with Gasteiger partial charge in [0.15, 0.2) is 0 Å². The molecule has 0 aliphatic heterocycles. The Bertz CT molecular complexity index is 578. The lowest BCUT2D eigenvalue weighted by atomic mass is 10.3. The second kappa shape index (κ2) is 7.06. The molecule has 1 atom stereocenters. The first-order valence-electron chi connectivity index (χ1n) is 6.14. The Morgan fingerprint density at radius 3 is 2.75 bits per heavy atom. The van der Waals surface area contributed by atoms with Crippen molar-refractivity contribution in [1.29, 1.82) is 0 Å². The minimum atomic E-state index is 0.0185. The molecule has 2 heterocycles. The van der Waals surface area contributed by atoms with E-state index in [1.807, 2.05) is 26.0 Å². The van der Waals surface area contributed by atoms with Crippen molar-refractivity contribution < 1.29 is 4.74 Å². The van der Waals surface area contributed by atoms with E-state index in [2.05, 4.69) is 20.3 Å². The Kier molecular flexibility index (Phi) is 5.39. The van der Waals surface area contributed by atoms with E-state index >= 15 is 0 Å². The Morgan fingerprint density at radius 1 is 1.30 bits per heavy atom. The van der Waals surface area contributed by atoms with Crippen LogP contribution < -0.4 is 10.1 Å². The molecule has 8 heteroatoms. The van der Waals surface area contributed by atoms with Crippen molar-refractivity contribution >= 4 is 40.5 Å². The van der Waals surface area contributed by atoms with E-state index in [1.54, 1.807) is 0 Å².